The Morgan fingerprint density at radius 3 is 2.70 bits per heavy atom. The molecule has 0 N–H and O–H groups in total. The van der Waals surface area contributed by atoms with Crippen LogP contribution in [0, 0.1) is 5.92 Å². The Balaban J connectivity index is 1.90. The molecule has 30 heavy (non-hydrogen) atoms. The summed E-state index contributed by atoms with van der Waals surface area (Å²) in [5.41, 5.74) is -0.752. The molecule has 2 aliphatic heterocycles. The zero-order valence-electron chi connectivity index (χ0n) is 17.6. The molecule has 0 aliphatic carbocycles. The highest BCUT2D eigenvalue weighted by molar-refractivity contribution is 6.32. The first kappa shape index (κ1) is 22.7. The van der Waals surface area contributed by atoms with Gasteiger partial charge in [-0.1, -0.05) is 29.8 Å². The predicted octanol–water partition coefficient (Wildman–Crippen LogP) is 2.26. The second kappa shape index (κ2) is 9.90. The molecule has 2 atom stereocenters. The van der Waals surface area contributed by atoms with E-state index < -0.39 is 5.41 Å². The summed E-state index contributed by atoms with van der Waals surface area (Å²) in [5, 5.41) is 0.385. The summed E-state index contributed by atoms with van der Waals surface area (Å²) < 4.78 is 10.3. The summed E-state index contributed by atoms with van der Waals surface area (Å²) in [6.45, 7) is 2.25. The number of amides is 3. The molecule has 1 aromatic carbocycles. The molecule has 1 aromatic rings. The van der Waals surface area contributed by atoms with Crippen LogP contribution in [0.15, 0.2) is 24.3 Å². The summed E-state index contributed by atoms with van der Waals surface area (Å²) in [6, 6.07) is 6.97. The maximum absolute atomic E-state index is 13.5. The van der Waals surface area contributed by atoms with Crippen LogP contribution in [0.3, 0.4) is 0 Å². The predicted molar refractivity (Wildman–Crippen MR) is 112 cm³/mol. The summed E-state index contributed by atoms with van der Waals surface area (Å²) in [7, 11) is 3.17. The van der Waals surface area contributed by atoms with Gasteiger partial charge in [-0.3, -0.25) is 19.3 Å². The number of imide groups is 1. The number of carbonyl (C=O) groups excluding carboxylic acids is 3. The highest BCUT2D eigenvalue weighted by Gasteiger charge is 2.54. The third-order valence-electron chi connectivity index (χ3n) is 6.04. The number of hydrogen-bond donors (Lipinski definition) is 0. The second-order valence-corrected chi connectivity index (χ2v) is 8.47. The molecule has 0 spiro atoms. The standard InChI is InChI=1S/C22H29ClN2O5/c1-29-11-10-25-20(27)13-22(21(25)28,17-7-3-4-8-18(17)23)12-19(26)24-9-5-6-16(14-24)15-30-2/h3-4,7-8,16H,5-6,9-15H2,1-2H3/t16-,22-/m1/s1. The summed E-state index contributed by atoms with van der Waals surface area (Å²) in [4.78, 5) is 42.5. The summed E-state index contributed by atoms with van der Waals surface area (Å²) >= 11 is 6.44. The van der Waals surface area contributed by atoms with Crippen molar-refractivity contribution in [3.05, 3.63) is 34.9 Å². The van der Waals surface area contributed by atoms with E-state index in [9.17, 15) is 14.4 Å². The van der Waals surface area contributed by atoms with Crippen LogP contribution in [0.5, 0.6) is 0 Å². The highest BCUT2D eigenvalue weighted by Crippen LogP contribution is 2.43. The van der Waals surface area contributed by atoms with Crippen LogP contribution in [-0.2, 0) is 29.3 Å². The quantitative estimate of drug-likeness (QED) is 0.584. The number of methoxy groups -OCH3 is 2. The molecule has 2 aliphatic rings. The van der Waals surface area contributed by atoms with Crippen molar-refractivity contribution in [3.63, 3.8) is 0 Å². The van der Waals surface area contributed by atoms with Gasteiger partial charge >= 0.3 is 0 Å². The van der Waals surface area contributed by atoms with E-state index in [1.54, 1.807) is 36.3 Å². The highest BCUT2D eigenvalue weighted by atomic mass is 35.5. The van der Waals surface area contributed by atoms with Crippen molar-refractivity contribution in [2.45, 2.75) is 31.1 Å². The van der Waals surface area contributed by atoms with E-state index in [0.29, 0.717) is 30.3 Å². The minimum atomic E-state index is -1.28. The number of benzene rings is 1. The molecular weight excluding hydrogens is 408 g/mol. The van der Waals surface area contributed by atoms with Gasteiger partial charge in [-0.15, -0.1) is 0 Å². The molecule has 0 radical (unpaired) electrons. The third-order valence-corrected chi connectivity index (χ3v) is 6.37. The average molecular weight is 437 g/mol. The van der Waals surface area contributed by atoms with E-state index in [1.165, 1.54) is 12.0 Å². The van der Waals surface area contributed by atoms with Crippen molar-refractivity contribution in [3.8, 4) is 0 Å². The monoisotopic (exact) mass is 436 g/mol. The Labute approximate surface area is 182 Å². The van der Waals surface area contributed by atoms with E-state index in [4.69, 9.17) is 21.1 Å². The molecule has 3 amide bonds. The maximum Gasteiger partial charge on any atom is 0.241 e. The van der Waals surface area contributed by atoms with Crippen molar-refractivity contribution in [1.82, 2.24) is 9.80 Å². The Morgan fingerprint density at radius 1 is 1.23 bits per heavy atom. The van der Waals surface area contributed by atoms with Gasteiger partial charge in [0.25, 0.3) is 0 Å². The van der Waals surface area contributed by atoms with Crippen LogP contribution >= 0.6 is 11.6 Å². The molecule has 0 aromatic heterocycles. The molecule has 0 bridgehead atoms. The fourth-order valence-electron chi connectivity index (χ4n) is 4.54. The van der Waals surface area contributed by atoms with E-state index in [-0.39, 0.29) is 49.6 Å². The molecule has 7 nitrogen and oxygen atoms in total. The first-order valence-corrected chi connectivity index (χ1v) is 10.7. The number of rotatable bonds is 8. The lowest BCUT2D eigenvalue weighted by atomic mass is 9.75. The first-order chi connectivity index (χ1) is 14.4. The molecule has 8 heteroatoms. The zero-order valence-corrected chi connectivity index (χ0v) is 18.3. The summed E-state index contributed by atoms with van der Waals surface area (Å²) in [6.07, 6.45) is 1.76. The van der Waals surface area contributed by atoms with Gasteiger partial charge in [-0.2, -0.15) is 0 Å². The molecular formula is C22H29ClN2O5. The van der Waals surface area contributed by atoms with Gasteiger partial charge in [0.15, 0.2) is 0 Å². The Hall–Kier alpha value is -1.96. The van der Waals surface area contributed by atoms with E-state index in [2.05, 4.69) is 0 Å². The van der Waals surface area contributed by atoms with Crippen molar-refractivity contribution in [2.24, 2.45) is 5.92 Å². The van der Waals surface area contributed by atoms with Gasteiger partial charge in [0, 0.05) is 45.2 Å². The van der Waals surface area contributed by atoms with Crippen LogP contribution in [0.25, 0.3) is 0 Å². The summed E-state index contributed by atoms with van der Waals surface area (Å²) in [5.74, 6) is -0.536. The number of nitrogens with zero attached hydrogens (tertiary/aromatic N) is 2. The van der Waals surface area contributed by atoms with E-state index in [1.807, 2.05) is 0 Å². The molecule has 2 fully saturated rings. The van der Waals surface area contributed by atoms with Crippen molar-refractivity contribution in [1.29, 1.82) is 0 Å². The number of hydrogen-bond acceptors (Lipinski definition) is 5. The number of carbonyl (C=O) groups is 3. The Bertz CT molecular complexity index is 799. The van der Waals surface area contributed by atoms with Gasteiger partial charge < -0.3 is 14.4 Å². The molecule has 0 saturated carbocycles. The fraction of sp³-hybridized carbons (Fsp3) is 0.591. The van der Waals surface area contributed by atoms with Crippen LogP contribution in [0.4, 0.5) is 0 Å². The largest absolute Gasteiger partial charge is 0.384 e. The normalized spacial score (nSPS) is 24.6. The lowest BCUT2D eigenvalue weighted by Crippen LogP contribution is -2.47. The second-order valence-electron chi connectivity index (χ2n) is 8.06. The lowest BCUT2D eigenvalue weighted by Gasteiger charge is -2.35. The molecule has 2 saturated heterocycles. The number of piperidine rings is 1. The molecule has 0 unspecified atom stereocenters. The first-order valence-electron chi connectivity index (χ1n) is 10.3. The lowest BCUT2D eigenvalue weighted by molar-refractivity contribution is -0.143. The number of ether oxygens (including phenoxy) is 2. The smallest absolute Gasteiger partial charge is 0.241 e. The topological polar surface area (TPSA) is 76.2 Å². The van der Waals surface area contributed by atoms with Gasteiger partial charge in [-0.05, 0) is 30.4 Å². The molecule has 2 heterocycles. The number of likely N-dealkylation sites (tertiary alicyclic amines) is 2. The van der Waals surface area contributed by atoms with Gasteiger partial charge in [0.1, 0.15) is 0 Å². The van der Waals surface area contributed by atoms with Crippen molar-refractivity contribution < 1.29 is 23.9 Å². The van der Waals surface area contributed by atoms with E-state index in [0.717, 1.165) is 12.8 Å². The van der Waals surface area contributed by atoms with Crippen molar-refractivity contribution in [2.75, 3.05) is 47.1 Å². The Kier molecular flexibility index (Phi) is 7.50. The third kappa shape index (κ3) is 4.53. The number of halogens is 1. The van der Waals surface area contributed by atoms with Gasteiger partial charge in [0.2, 0.25) is 17.7 Å². The van der Waals surface area contributed by atoms with Gasteiger partial charge in [0.05, 0.1) is 25.2 Å². The minimum absolute atomic E-state index is 0.0691. The van der Waals surface area contributed by atoms with Crippen LogP contribution in [0.2, 0.25) is 5.02 Å². The van der Waals surface area contributed by atoms with Crippen LogP contribution in [0.1, 0.15) is 31.2 Å². The zero-order chi connectivity index (χ0) is 21.7. The van der Waals surface area contributed by atoms with Gasteiger partial charge in [-0.25, -0.2) is 0 Å². The fourth-order valence-corrected chi connectivity index (χ4v) is 4.85. The van der Waals surface area contributed by atoms with Crippen LogP contribution < -0.4 is 0 Å². The van der Waals surface area contributed by atoms with Crippen molar-refractivity contribution >= 4 is 29.3 Å². The van der Waals surface area contributed by atoms with Crippen LogP contribution in [-0.4, -0.2) is 74.6 Å². The van der Waals surface area contributed by atoms with E-state index >= 15 is 0 Å². The Morgan fingerprint density at radius 2 is 2.00 bits per heavy atom. The molecule has 164 valence electrons. The average Bonchev–Trinajstić information content (AvgIpc) is 2.97. The maximum atomic E-state index is 13.5. The minimum Gasteiger partial charge on any atom is -0.384 e. The molecule has 3 rings (SSSR count). The SMILES string of the molecule is COCCN1C(=O)C[C@](CC(=O)N2CCC[C@@H](COC)C2)(c2ccccc2Cl)C1=O.